The van der Waals surface area contributed by atoms with Crippen LogP contribution in [0.4, 0.5) is 24.7 Å². The van der Waals surface area contributed by atoms with E-state index < -0.39 is 12.6 Å². The van der Waals surface area contributed by atoms with Gasteiger partial charge in [0.05, 0.1) is 0 Å². The second-order valence-electron chi connectivity index (χ2n) is 6.43. The number of carbonyl (C=O) groups is 1. The van der Waals surface area contributed by atoms with E-state index in [1.54, 1.807) is 12.1 Å². The fourth-order valence-electron chi connectivity index (χ4n) is 3.16. The van der Waals surface area contributed by atoms with E-state index in [2.05, 4.69) is 20.4 Å². The van der Waals surface area contributed by atoms with Crippen LogP contribution in [0.15, 0.2) is 42.5 Å². The largest absolute Gasteiger partial charge is 0.435 e. The normalized spacial score (nSPS) is 19.6. The van der Waals surface area contributed by atoms with E-state index in [0.29, 0.717) is 24.3 Å². The van der Waals surface area contributed by atoms with E-state index in [1.165, 1.54) is 30.3 Å². The molecule has 1 amide bonds. The highest BCUT2D eigenvalue weighted by molar-refractivity contribution is 5.92. The monoisotopic (exact) mass is 379 g/mol. The molecule has 5 nitrogen and oxygen atoms in total. The molecule has 1 fully saturated rings. The second-order valence-corrected chi connectivity index (χ2v) is 6.43. The predicted molar refractivity (Wildman–Crippen MR) is 95.3 cm³/mol. The van der Waals surface area contributed by atoms with Crippen molar-refractivity contribution in [3.8, 4) is 5.75 Å². The van der Waals surface area contributed by atoms with Crippen LogP contribution in [0.1, 0.15) is 25.7 Å². The molecule has 1 aliphatic carbocycles. The highest BCUT2D eigenvalue weighted by Gasteiger charge is 2.26. The van der Waals surface area contributed by atoms with E-state index >= 15 is 0 Å². The van der Waals surface area contributed by atoms with Crippen molar-refractivity contribution in [3.05, 3.63) is 48.4 Å². The molecule has 0 unspecified atom stereocenters. The summed E-state index contributed by atoms with van der Waals surface area (Å²) in [5, 5.41) is 5.99. The smallest absolute Gasteiger partial charge is 0.387 e. The highest BCUT2D eigenvalue weighted by atomic mass is 19.3. The van der Waals surface area contributed by atoms with Gasteiger partial charge in [-0.15, -0.1) is 0 Å². The molecule has 0 radical (unpaired) electrons. The topological polar surface area (TPSA) is 63.2 Å². The number of nitrogens with one attached hydrogen (secondary N) is 2. The standard InChI is InChI=1S/C19H20F3N3O2/c20-16-2-1-3-17(25-16)23-13-6-4-12(5-7-13)18(26)24-14-8-10-15(11-9-14)27-19(21)22/h1-3,8-13,19H,4-7H2,(H,23,25)(H,24,26). The number of amides is 1. The van der Waals surface area contributed by atoms with Crippen molar-refractivity contribution < 1.29 is 22.7 Å². The number of carbonyl (C=O) groups excluding carboxylic acids is 1. The van der Waals surface area contributed by atoms with Crippen LogP contribution < -0.4 is 15.4 Å². The number of anilines is 2. The third-order valence-corrected chi connectivity index (χ3v) is 4.51. The van der Waals surface area contributed by atoms with Gasteiger partial charge in [-0.25, -0.2) is 4.98 Å². The Morgan fingerprint density at radius 2 is 1.78 bits per heavy atom. The summed E-state index contributed by atoms with van der Waals surface area (Å²) >= 11 is 0. The molecule has 144 valence electrons. The fourth-order valence-corrected chi connectivity index (χ4v) is 3.16. The van der Waals surface area contributed by atoms with Crippen molar-refractivity contribution in [1.29, 1.82) is 0 Å². The lowest BCUT2D eigenvalue weighted by Gasteiger charge is -2.28. The molecule has 1 heterocycles. The van der Waals surface area contributed by atoms with Gasteiger partial charge in [-0.3, -0.25) is 4.79 Å². The number of hydrogen-bond donors (Lipinski definition) is 2. The number of alkyl halides is 2. The zero-order valence-electron chi connectivity index (χ0n) is 14.5. The lowest BCUT2D eigenvalue weighted by atomic mass is 9.85. The van der Waals surface area contributed by atoms with Crippen molar-refractivity contribution in [3.63, 3.8) is 0 Å². The summed E-state index contributed by atoms with van der Waals surface area (Å²) in [5.41, 5.74) is 0.533. The Balaban J connectivity index is 1.47. The minimum atomic E-state index is -2.88. The Morgan fingerprint density at radius 3 is 2.41 bits per heavy atom. The zero-order valence-corrected chi connectivity index (χ0v) is 14.5. The summed E-state index contributed by atoms with van der Waals surface area (Å²) in [4.78, 5) is 16.2. The van der Waals surface area contributed by atoms with Crippen LogP contribution >= 0.6 is 0 Å². The van der Waals surface area contributed by atoms with Gasteiger partial charge in [0.15, 0.2) is 0 Å². The van der Waals surface area contributed by atoms with Gasteiger partial charge in [-0.05, 0) is 62.1 Å². The molecule has 0 spiro atoms. The first kappa shape index (κ1) is 19.0. The SMILES string of the molecule is O=C(Nc1ccc(OC(F)F)cc1)C1CCC(Nc2cccc(F)n2)CC1. The first-order valence-electron chi connectivity index (χ1n) is 8.74. The molecule has 0 bridgehead atoms. The maximum Gasteiger partial charge on any atom is 0.387 e. The molecule has 0 saturated heterocycles. The Hall–Kier alpha value is -2.77. The Bertz CT molecular complexity index is 763. The van der Waals surface area contributed by atoms with E-state index in [-0.39, 0.29) is 23.6 Å². The lowest BCUT2D eigenvalue weighted by molar-refractivity contribution is -0.120. The van der Waals surface area contributed by atoms with E-state index in [4.69, 9.17) is 0 Å². The number of ether oxygens (including phenoxy) is 1. The maximum absolute atomic E-state index is 13.1. The average molecular weight is 379 g/mol. The summed E-state index contributed by atoms with van der Waals surface area (Å²) in [6, 6.07) is 10.6. The third kappa shape index (κ3) is 5.60. The minimum Gasteiger partial charge on any atom is -0.435 e. The number of halogens is 3. The van der Waals surface area contributed by atoms with Crippen LogP contribution in [-0.2, 0) is 4.79 Å². The number of nitrogens with zero attached hydrogens (tertiary/aromatic N) is 1. The van der Waals surface area contributed by atoms with Crippen LogP contribution in [-0.4, -0.2) is 23.5 Å². The van der Waals surface area contributed by atoms with Gasteiger partial charge in [0, 0.05) is 17.6 Å². The van der Waals surface area contributed by atoms with E-state index in [0.717, 1.165) is 12.8 Å². The molecule has 1 aromatic heterocycles. The van der Waals surface area contributed by atoms with Gasteiger partial charge in [0.25, 0.3) is 0 Å². The Kier molecular flexibility index (Phi) is 6.16. The third-order valence-electron chi connectivity index (χ3n) is 4.51. The van der Waals surface area contributed by atoms with Crippen LogP contribution in [0, 0.1) is 11.9 Å². The number of pyridine rings is 1. The Morgan fingerprint density at radius 1 is 1.07 bits per heavy atom. The van der Waals surface area contributed by atoms with Gasteiger partial charge in [-0.2, -0.15) is 13.2 Å². The first-order valence-corrected chi connectivity index (χ1v) is 8.74. The lowest BCUT2D eigenvalue weighted by Crippen LogP contribution is -2.32. The molecule has 8 heteroatoms. The van der Waals surface area contributed by atoms with Gasteiger partial charge in [-0.1, -0.05) is 6.07 Å². The molecule has 1 saturated carbocycles. The van der Waals surface area contributed by atoms with Crippen molar-refractivity contribution in [2.45, 2.75) is 38.3 Å². The summed E-state index contributed by atoms with van der Waals surface area (Å²) in [6.07, 6.45) is 2.95. The zero-order chi connectivity index (χ0) is 19.2. The summed E-state index contributed by atoms with van der Waals surface area (Å²) in [6.45, 7) is -2.88. The van der Waals surface area contributed by atoms with Crippen molar-refractivity contribution in [2.75, 3.05) is 10.6 Å². The molecule has 3 rings (SSSR count). The van der Waals surface area contributed by atoms with Crippen LogP contribution in [0.5, 0.6) is 5.75 Å². The number of aromatic nitrogens is 1. The van der Waals surface area contributed by atoms with Gasteiger partial charge < -0.3 is 15.4 Å². The molecular weight excluding hydrogens is 359 g/mol. The van der Waals surface area contributed by atoms with Crippen LogP contribution in [0.3, 0.4) is 0 Å². The van der Waals surface area contributed by atoms with E-state index in [1.807, 2.05) is 0 Å². The molecule has 1 aromatic carbocycles. The molecule has 0 atom stereocenters. The number of rotatable bonds is 6. The van der Waals surface area contributed by atoms with Gasteiger partial charge in [0.1, 0.15) is 11.6 Å². The number of benzene rings is 1. The number of hydrogen-bond acceptors (Lipinski definition) is 4. The molecular formula is C19H20F3N3O2. The van der Waals surface area contributed by atoms with Crippen molar-refractivity contribution in [2.24, 2.45) is 5.92 Å². The van der Waals surface area contributed by atoms with Crippen LogP contribution in [0.2, 0.25) is 0 Å². The van der Waals surface area contributed by atoms with Crippen LogP contribution in [0.25, 0.3) is 0 Å². The summed E-state index contributed by atoms with van der Waals surface area (Å²) in [5.74, 6) is -0.215. The second kappa shape index (κ2) is 8.75. The summed E-state index contributed by atoms with van der Waals surface area (Å²) < 4.78 is 41.7. The van der Waals surface area contributed by atoms with Gasteiger partial charge in [0.2, 0.25) is 11.9 Å². The van der Waals surface area contributed by atoms with E-state index in [9.17, 15) is 18.0 Å². The van der Waals surface area contributed by atoms with Gasteiger partial charge >= 0.3 is 6.61 Å². The molecule has 2 aromatic rings. The fraction of sp³-hybridized carbons (Fsp3) is 0.368. The molecule has 27 heavy (non-hydrogen) atoms. The quantitative estimate of drug-likeness (QED) is 0.729. The van der Waals surface area contributed by atoms with Crippen molar-refractivity contribution >= 4 is 17.4 Å². The minimum absolute atomic E-state index is 0.0422. The first-order chi connectivity index (χ1) is 13.0. The molecule has 0 aliphatic heterocycles. The average Bonchev–Trinajstić information content (AvgIpc) is 2.63. The highest BCUT2D eigenvalue weighted by Crippen LogP contribution is 2.28. The Labute approximate surface area is 154 Å². The summed E-state index contributed by atoms with van der Waals surface area (Å²) in [7, 11) is 0. The maximum atomic E-state index is 13.1. The predicted octanol–water partition coefficient (Wildman–Crippen LogP) is 4.43. The van der Waals surface area contributed by atoms with Crippen molar-refractivity contribution in [1.82, 2.24) is 4.98 Å². The molecule has 2 N–H and O–H groups in total. The molecule has 1 aliphatic rings.